The number of piperazine rings is 1. The summed E-state index contributed by atoms with van der Waals surface area (Å²) in [6.07, 6.45) is 3.29. The topological polar surface area (TPSA) is 94.8 Å². The number of aromatic nitrogens is 1. The molecule has 1 unspecified atom stereocenters. The van der Waals surface area contributed by atoms with Crippen LogP contribution in [0.5, 0.6) is 0 Å². The second-order valence-electron chi connectivity index (χ2n) is 6.26. The van der Waals surface area contributed by atoms with Gasteiger partial charge in [-0.3, -0.25) is 0 Å². The fourth-order valence-electron chi connectivity index (χ4n) is 3.39. The standard InChI is InChI=1S/C15H16ClN3.C4H4O4/c16-12-4-3-11-10-18-6-1-2-13(18)15-9-17-5-7-19(15)14(11)8-12;5-3(6)1-2-4(7)8/h1-4,6,8,15,17H,5,7,9-10H2;1-2H,(H,5,6)(H,7,8)/b;2-1-. The number of carboxylic acid groups (broad SMARTS) is 2. The molecule has 0 aliphatic carbocycles. The summed E-state index contributed by atoms with van der Waals surface area (Å²) in [5.41, 5.74) is 4.04. The number of hydrogen-bond acceptors (Lipinski definition) is 4. The van der Waals surface area contributed by atoms with Gasteiger partial charge in [-0.05, 0) is 29.8 Å². The fraction of sp³-hybridized carbons (Fsp3) is 0.263. The Morgan fingerprint density at radius 2 is 1.93 bits per heavy atom. The molecule has 0 saturated carbocycles. The highest BCUT2D eigenvalue weighted by molar-refractivity contribution is 6.30. The molecular weight excluding hydrogens is 370 g/mol. The van der Waals surface area contributed by atoms with Gasteiger partial charge in [-0.2, -0.15) is 0 Å². The van der Waals surface area contributed by atoms with Crippen molar-refractivity contribution in [1.29, 1.82) is 0 Å². The average Bonchev–Trinajstić information content (AvgIpc) is 3.05. The van der Waals surface area contributed by atoms with E-state index < -0.39 is 11.9 Å². The van der Waals surface area contributed by atoms with Gasteiger partial charge in [0, 0.05) is 60.9 Å². The third-order valence-electron chi connectivity index (χ3n) is 4.52. The molecule has 27 heavy (non-hydrogen) atoms. The van der Waals surface area contributed by atoms with Crippen LogP contribution in [0.15, 0.2) is 48.7 Å². The van der Waals surface area contributed by atoms with E-state index >= 15 is 0 Å². The van der Waals surface area contributed by atoms with Crippen molar-refractivity contribution >= 4 is 29.2 Å². The minimum absolute atomic E-state index is 0.406. The Kier molecular flexibility index (Phi) is 5.83. The number of fused-ring (bicyclic) bond motifs is 5. The van der Waals surface area contributed by atoms with E-state index in [4.69, 9.17) is 21.8 Å². The van der Waals surface area contributed by atoms with E-state index in [0.29, 0.717) is 18.2 Å². The molecular formula is C19H20ClN3O4. The van der Waals surface area contributed by atoms with Crippen LogP contribution in [0.2, 0.25) is 5.02 Å². The highest BCUT2D eigenvalue weighted by Gasteiger charge is 2.30. The SMILES string of the molecule is Clc1ccc2c(c1)N1CCNCC1c1cccn1C2.O=C(O)/C=C\C(=O)O. The van der Waals surface area contributed by atoms with Crippen LogP contribution in [-0.2, 0) is 16.1 Å². The molecule has 3 N–H and O–H groups in total. The van der Waals surface area contributed by atoms with E-state index in [1.54, 1.807) is 0 Å². The number of rotatable bonds is 2. The molecule has 1 saturated heterocycles. The Bertz CT molecular complexity index is 862. The molecule has 2 aromatic rings. The van der Waals surface area contributed by atoms with E-state index in [0.717, 1.165) is 31.2 Å². The van der Waals surface area contributed by atoms with Crippen LogP contribution in [-0.4, -0.2) is 46.4 Å². The zero-order valence-electron chi connectivity index (χ0n) is 14.5. The largest absolute Gasteiger partial charge is 0.478 e. The second-order valence-corrected chi connectivity index (χ2v) is 6.69. The van der Waals surface area contributed by atoms with Gasteiger partial charge in [0.05, 0.1) is 6.04 Å². The minimum Gasteiger partial charge on any atom is -0.478 e. The van der Waals surface area contributed by atoms with Gasteiger partial charge in [0.25, 0.3) is 0 Å². The number of nitrogens with one attached hydrogen (secondary N) is 1. The number of anilines is 1. The molecule has 1 aromatic heterocycles. The van der Waals surface area contributed by atoms with Crippen LogP contribution >= 0.6 is 11.6 Å². The van der Waals surface area contributed by atoms with Gasteiger partial charge < -0.3 is 25.0 Å². The highest BCUT2D eigenvalue weighted by atomic mass is 35.5. The highest BCUT2D eigenvalue weighted by Crippen LogP contribution is 2.36. The molecule has 3 heterocycles. The summed E-state index contributed by atoms with van der Waals surface area (Å²) < 4.78 is 2.35. The molecule has 0 radical (unpaired) electrons. The summed E-state index contributed by atoms with van der Waals surface area (Å²) >= 11 is 6.20. The van der Waals surface area contributed by atoms with Crippen LogP contribution in [0.4, 0.5) is 5.69 Å². The molecule has 0 spiro atoms. The molecule has 4 rings (SSSR count). The summed E-state index contributed by atoms with van der Waals surface area (Å²) in [6.45, 7) is 3.99. The normalized spacial score (nSPS) is 17.8. The Morgan fingerprint density at radius 1 is 1.19 bits per heavy atom. The summed E-state index contributed by atoms with van der Waals surface area (Å²) in [5, 5.41) is 19.9. The van der Waals surface area contributed by atoms with Gasteiger partial charge in [0.15, 0.2) is 0 Å². The van der Waals surface area contributed by atoms with Gasteiger partial charge in [-0.25, -0.2) is 9.59 Å². The van der Waals surface area contributed by atoms with Crippen molar-refractivity contribution in [2.24, 2.45) is 0 Å². The van der Waals surface area contributed by atoms with E-state index in [9.17, 15) is 9.59 Å². The minimum atomic E-state index is -1.26. The maximum atomic E-state index is 9.55. The maximum absolute atomic E-state index is 9.55. The lowest BCUT2D eigenvalue weighted by atomic mass is 10.1. The lowest BCUT2D eigenvalue weighted by Crippen LogP contribution is -2.46. The molecule has 2 aliphatic rings. The first kappa shape index (κ1) is 19.0. The molecule has 2 aliphatic heterocycles. The molecule has 1 fully saturated rings. The Balaban J connectivity index is 0.000000226. The van der Waals surface area contributed by atoms with Gasteiger partial charge in [-0.1, -0.05) is 17.7 Å². The summed E-state index contributed by atoms with van der Waals surface area (Å²) in [6, 6.07) is 11.0. The average molecular weight is 390 g/mol. The number of carboxylic acids is 2. The van der Waals surface area contributed by atoms with Crippen LogP contribution < -0.4 is 10.2 Å². The zero-order chi connectivity index (χ0) is 19.4. The van der Waals surface area contributed by atoms with Crippen LogP contribution in [0.3, 0.4) is 0 Å². The molecule has 0 bridgehead atoms. The number of aliphatic carboxylic acids is 2. The van der Waals surface area contributed by atoms with Crippen LogP contribution in [0.25, 0.3) is 0 Å². The molecule has 1 aromatic carbocycles. The first-order chi connectivity index (χ1) is 13.0. The summed E-state index contributed by atoms with van der Waals surface area (Å²) in [5.74, 6) is -2.51. The first-order valence-electron chi connectivity index (χ1n) is 8.50. The summed E-state index contributed by atoms with van der Waals surface area (Å²) in [7, 11) is 0. The van der Waals surface area contributed by atoms with Crippen molar-refractivity contribution in [2.45, 2.75) is 12.6 Å². The van der Waals surface area contributed by atoms with Crippen molar-refractivity contribution in [3.63, 3.8) is 0 Å². The number of nitrogens with zero attached hydrogens (tertiary/aromatic N) is 2. The Labute approximate surface area is 161 Å². The zero-order valence-corrected chi connectivity index (χ0v) is 15.3. The quantitative estimate of drug-likeness (QED) is 0.682. The monoisotopic (exact) mass is 389 g/mol. The van der Waals surface area contributed by atoms with Gasteiger partial charge in [-0.15, -0.1) is 0 Å². The first-order valence-corrected chi connectivity index (χ1v) is 8.88. The van der Waals surface area contributed by atoms with Gasteiger partial charge in [0.1, 0.15) is 0 Å². The van der Waals surface area contributed by atoms with Gasteiger partial charge in [0.2, 0.25) is 0 Å². The van der Waals surface area contributed by atoms with Gasteiger partial charge >= 0.3 is 11.9 Å². The number of carbonyl (C=O) groups is 2. The number of benzene rings is 1. The maximum Gasteiger partial charge on any atom is 0.328 e. The van der Waals surface area contributed by atoms with E-state index in [1.165, 1.54) is 16.9 Å². The van der Waals surface area contributed by atoms with Crippen LogP contribution in [0.1, 0.15) is 17.3 Å². The predicted molar refractivity (Wildman–Crippen MR) is 102 cm³/mol. The molecule has 7 nitrogen and oxygen atoms in total. The van der Waals surface area contributed by atoms with Crippen molar-refractivity contribution in [3.8, 4) is 0 Å². The predicted octanol–water partition coefficient (Wildman–Crippen LogP) is 2.37. The van der Waals surface area contributed by atoms with Crippen molar-refractivity contribution in [1.82, 2.24) is 9.88 Å². The van der Waals surface area contributed by atoms with Crippen molar-refractivity contribution < 1.29 is 19.8 Å². The summed E-state index contributed by atoms with van der Waals surface area (Å²) in [4.78, 5) is 21.6. The molecule has 1 atom stereocenters. The van der Waals surface area contributed by atoms with Crippen molar-refractivity contribution in [3.05, 3.63) is 65.0 Å². The van der Waals surface area contributed by atoms with Crippen molar-refractivity contribution in [2.75, 3.05) is 24.5 Å². The number of halogens is 1. The smallest absolute Gasteiger partial charge is 0.328 e. The van der Waals surface area contributed by atoms with E-state index in [-0.39, 0.29) is 0 Å². The molecule has 142 valence electrons. The Hall–Kier alpha value is -2.77. The fourth-order valence-corrected chi connectivity index (χ4v) is 3.56. The Morgan fingerprint density at radius 3 is 2.63 bits per heavy atom. The third kappa shape index (κ3) is 4.50. The van der Waals surface area contributed by atoms with E-state index in [1.807, 2.05) is 6.07 Å². The third-order valence-corrected chi connectivity index (χ3v) is 4.75. The lowest BCUT2D eigenvalue weighted by molar-refractivity contribution is -0.134. The lowest BCUT2D eigenvalue weighted by Gasteiger charge is -2.37. The number of hydrogen-bond donors (Lipinski definition) is 3. The van der Waals surface area contributed by atoms with Crippen LogP contribution in [0, 0.1) is 0 Å². The molecule has 0 amide bonds. The second kappa shape index (κ2) is 8.28. The molecule has 8 heteroatoms. The van der Waals surface area contributed by atoms with E-state index in [2.05, 4.69) is 45.2 Å².